The van der Waals surface area contributed by atoms with Gasteiger partial charge in [-0.05, 0) is 56.0 Å². The van der Waals surface area contributed by atoms with Crippen LogP contribution < -0.4 is 0 Å². The fourth-order valence-electron chi connectivity index (χ4n) is 2.37. The molecule has 1 saturated heterocycles. The van der Waals surface area contributed by atoms with E-state index in [2.05, 4.69) is 0 Å². The standard InChI is InChI=1S/C19H25FO4/c1-4-22-19(21)8-6-5-7-15-9-13(2)18(20)10-17(15)14(3)23-11-16-12-24-16/h5,7,9-10,14,16H,4,6,8,11-12H2,1-3H3/b7-5+/t14-,16?/m1/s1. The van der Waals surface area contributed by atoms with E-state index < -0.39 is 0 Å². The number of benzene rings is 1. The van der Waals surface area contributed by atoms with E-state index in [0.29, 0.717) is 31.6 Å². The minimum Gasteiger partial charge on any atom is -0.466 e. The van der Waals surface area contributed by atoms with Gasteiger partial charge in [-0.15, -0.1) is 0 Å². The Bertz CT molecular complexity index is 593. The van der Waals surface area contributed by atoms with Crippen LogP contribution in [0.15, 0.2) is 18.2 Å². The number of allylic oxidation sites excluding steroid dienone is 1. The summed E-state index contributed by atoms with van der Waals surface area (Å²) >= 11 is 0. The highest BCUT2D eigenvalue weighted by Crippen LogP contribution is 2.27. The molecule has 0 spiro atoms. The van der Waals surface area contributed by atoms with Crippen molar-refractivity contribution in [1.82, 2.24) is 0 Å². The van der Waals surface area contributed by atoms with E-state index in [1.54, 1.807) is 19.9 Å². The second-order valence-electron chi connectivity index (χ2n) is 5.91. The number of hydrogen-bond donors (Lipinski definition) is 0. The molecule has 132 valence electrons. The van der Waals surface area contributed by atoms with Gasteiger partial charge in [0.05, 0.1) is 25.9 Å². The summed E-state index contributed by atoms with van der Waals surface area (Å²) in [5.41, 5.74) is 2.29. The monoisotopic (exact) mass is 336 g/mol. The second kappa shape index (κ2) is 8.94. The summed E-state index contributed by atoms with van der Waals surface area (Å²) in [7, 11) is 0. The molecule has 24 heavy (non-hydrogen) atoms. The molecule has 0 aliphatic carbocycles. The van der Waals surface area contributed by atoms with Crippen LogP contribution in [0.25, 0.3) is 6.08 Å². The molecular weight excluding hydrogens is 311 g/mol. The number of esters is 1. The predicted octanol–water partition coefficient (Wildman–Crippen LogP) is 3.97. The average Bonchev–Trinajstić information content (AvgIpc) is 3.36. The highest BCUT2D eigenvalue weighted by Gasteiger charge is 2.24. The lowest BCUT2D eigenvalue weighted by atomic mass is 9.99. The molecule has 1 aliphatic rings. The van der Waals surface area contributed by atoms with Gasteiger partial charge in [0.1, 0.15) is 11.9 Å². The van der Waals surface area contributed by atoms with Gasteiger partial charge in [0.25, 0.3) is 0 Å². The zero-order chi connectivity index (χ0) is 17.5. The van der Waals surface area contributed by atoms with Crippen molar-refractivity contribution in [2.45, 2.75) is 45.8 Å². The Morgan fingerprint density at radius 3 is 2.92 bits per heavy atom. The van der Waals surface area contributed by atoms with Gasteiger partial charge in [-0.2, -0.15) is 0 Å². The molecular formula is C19H25FO4. The Balaban J connectivity index is 2.02. The maximum absolute atomic E-state index is 13.9. The lowest BCUT2D eigenvalue weighted by molar-refractivity contribution is -0.142. The van der Waals surface area contributed by atoms with Crippen molar-refractivity contribution in [1.29, 1.82) is 0 Å². The normalized spacial score (nSPS) is 17.9. The van der Waals surface area contributed by atoms with Crippen LogP contribution in [0.3, 0.4) is 0 Å². The fraction of sp³-hybridized carbons (Fsp3) is 0.526. The Morgan fingerprint density at radius 1 is 1.50 bits per heavy atom. The van der Waals surface area contributed by atoms with Crippen molar-refractivity contribution in [3.8, 4) is 0 Å². The number of rotatable bonds is 9. The summed E-state index contributed by atoms with van der Waals surface area (Å²) in [5.74, 6) is -0.453. The van der Waals surface area contributed by atoms with E-state index >= 15 is 0 Å². The number of carbonyl (C=O) groups is 1. The number of epoxide rings is 1. The van der Waals surface area contributed by atoms with Crippen molar-refractivity contribution in [2.24, 2.45) is 0 Å². The van der Waals surface area contributed by atoms with Gasteiger partial charge >= 0.3 is 5.97 Å². The minimum atomic E-state index is -0.244. The first-order valence-corrected chi connectivity index (χ1v) is 8.36. The van der Waals surface area contributed by atoms with Gasteiger partial charge in [-0.1, -0.05) is 12.2 Å². The number of aryl methyl sites for hydroxylation is 1. The van der Waals surface area contributed by atoms with Crippen molar-refractivity contribution in [3.63, 3.8) is 0 Å². The number of ether oxygens (including phenoxy) is 3. The van der Waals surface area contributed by atoms with Crippen LogP contribution in [-0.4, -0.2) is 31.9 Å². The molecule has 0 bridgehead atoms. The third-order valence-electron chi connectivity index (χ3n) is 3.85. The summed E-state index contributed by atoms with van der Waals surface area (Å²) < 4.78 is 29.7. The molecule has 0 saturated carbocycles. The summed E-state index contributed by atoms with van der Waals surface area (Å²) in [5, 5.41) is 0. The molecule has 1 unspecified atom stereocenters. The molecule has 1 aromatic rings. The molecule has 1 fully saturated rings. The molecule has 0 N–H and O–H groups in total. The van der Waals surface area contributed by atoms with Crippen molar-refractivity contribution < 1.29 is 23.4 Å². The van der Waals surface area contributed by atoms with Crippen LogP contribution in [-0.2, 0) is 19.0 Å². The van der Waals surface area contributed by atoms with E-state index in [1.807, 2.05) is 19.1 Å². The minimum absolute atomic E-state index is 0.173. The Kier molecular flexibility index (Phi) is 6.94. The molecule has 1 aliphatic heterocycles. The third kappa shape index (κ3) is 5.73. The van der Waals surface area contributed by atoms with E-state index in [1.165, 1.54) is 6.07 Å². The molecule has 1 aromatic carbocycles. The van der Waals surface area contributed by atoms with Crippen LogP contribution >= 0.6 is 0 Å². The SMILES string of the molecule is CCOC(=O)CC/C=C/c1cc(C)c(F)cc1[C@@H](C)OCC1CO1. The second-order valence-corrected chi connectivity index (χ2v) is 5.91. The maximum Gasteiger partial charge on any atom is 0.306 e. The van der Waals surface area contributed by atoms with Crippen LogP contribution in [0.1, 0.15) is 49.5 Å². The highest BCUT2D eigenvalue weighted by atomic mass is 19.1. The van der Waals surface area contributed by atoms with E-state index in [4.69, 9.17) is 14.2 Å². The summed E-state index contributed by atoms with van der Waals surface area (Å²) in [4.78, 5) is 11.3. The van der Waals surface area contributed by atoms with Gasteiger partial charge in [0.2, 0.25) is 0 Å². The van der Waals surface area contributed by atoms with Crippen LogP contribution in [0.4, 0.5) is 4.39 Å². The summed E-state index contributed by atoms with van der Waals surface area (Å²) in [6, 6.07) is 3.33. The van der Waals surface area contributed by atoms with Crippen molar-refractivity contribution >= 4 is 12.0 Å². The molecule has 5 heteroatoms. The first-order valence-electron chi connectivity index (χ1n) is 8.36. The topological polar surface area (TPSA) is 48.1 Å². The van der Waals surface area contributed by atoms with Crippen molar-refractivity contribution in [2.75, 3.05) is 19.8 Å². The first kappa shape index (κ1) is 18.6. The number of hydrogen-bond acceptors (Lipinski definition) is 4. The van der Waals surface area contributed by atoms with E-state index in [9.17, 15) is 9.18 Å². The zero-order valence-electron chi connectivity index (χ0n) is 14.5. The van der Waals surface area contributed by atoms with E-state index in [0.717, 1.165) is 17.7 Å². The van der Waals surface area contributed by atoms with Gasteiger partial charge in [-0.3, -0.25) is 4.79 Å². The van der Waals surface area contributed by atoms with E-state index in [-0.39, 0.29) is 24.0 Å². The quantitative estimate of drug-likeness (QED) is 0.506. The van der Waals surface area contributed by atoms with Gasteiger partial charge in [0, 0.05) is 6.42 Å². The Hall–Kier alpha value is -1.72. The van der Waals surface area contributed by atoms with Crippen LogP contribution in [0.5, 0.6) is 0 Å². The van der Waals surface area contributed by atoms with Gasteiger partial charge in [-0.25, -0.2) is 4.39 Å². The number of halogens is 1. The van der Waals surface area contributed by atoms with Crippen LogP contribution in [0, 0.1) is 12.7 Å². The lowest BCUT2D eigenvalue weighted by Gasteiger charge is -2.16. The maximum atomic E-state index is 13.9. The molecule has 2 atom stereocenters. The van der Waals surface area contributed by atoms with Crippen molar-refractivity contribution in [3.05, 3.63) is 40.7 Å². The number of carbonyl (C=O) groups excluding carboxylic acids is 1. The zero-order valence-corrected chi connectivity index (χ0v) is 14.5. The smallest absolute Gasteiger partial charge is 0.306 e. The molecule has 0 radical (unpaired) electrons. The largest absolute Gasteiger partial charge is 0.466 e. The Morgan fingerprint density at radius 2 is 2.25 bits per heavy atom. The molecule has 2 rings (SSSR count). The predicted molar refractivity (Wildman–Crippen MR) is 90.1 cm³/mol. The van der Waals surface area contributed by atoms with Crippen LogP contribution in [0.2, 0.25) is 0 Å². The van der Waals surface area contributed by atoms with Gasteiger partial charge < -0.3 is 14.2 Å². The molecule has 1 heterocycles. The first-order chi connectivity index (χ1) is 11.5. The summed E-state index contributed by atoms with van der Waals surface area (Å²) in [6.07, 6.45) is 4.68. The molecule has 0 aromatic heterocycles. The Labute approximate surface area is 142 Å². The highest BCUT2D eigenvalue weighted by molar-refractivity contribution is 5.69. The summed E-state index contributed by atoms with van der Waals surface area (Å²) in [6.45, 7) is 7.07. The fourth-order valence-corrected chi connectivity index (χ4v) is 2.37. The molecule has 4 nitrogen and oxygen atoms in total. The lowest BCUT2D eigenvalue weighted by Crippen LogP contribution is -2.08. The molecule has 0 amide bonds. The van der Waals surface area contributed by atoms with Gasteiger partial charge in [0.15, 0.2) is 0 Å². The average molecular weight is 336 g/mol. The third-order valence-corrected chi connectivity index (χ3v) is 3.85.